The Hall–Kier alpha value is -3.41. The van der Waals surface area contributed by atoms with Crippen LogP contribution < -0.4 is 21.1 Å². The van der Waals surface area contributed by atoms with Gasteiger partial charge in [-0.15, -0.1) is 0 Å². The largest absolute Gasteiger partial charge is 0.524 e. The number of carboxylic acids is 1. The maximum absolute atomic E-state index is 12.5. The highest BCUT2D eigenvalue weighted by atomic mass is 31.2. The second-order valence-corrected chi connectivity index (χ2v) is 9.15. The molecule has 0 unspecified atom stereocenters. The Bertz CT molecular complexity index is 1260. The van der Waals surface area contributed by atoms with Gasteiger partial charge in [-0.1, -0.05) is 24.3 Å². The highest BCUT2D eigenvalue weighted by molar-refractivity contribution is 7.46. The second-order valence-electron chi connectivity index (χ2n) is 7.98. The van der Waals surface area contributed by atoms with Crippen LogP contribution in [0.2, 0.25) is 0 Å². The first-order chi connectivity index (χ1) is 15.9. The average Bonchev–Trinajstić information content (AvgIpc) is 3.16. The Labute approximate surface area is 194 Å². The Balaban J connectivity index is 1.65. The molecule has 3 rings (SSSR count). The van der Waals surface area contributed by atoms with Gasteiger partial charge in [-0.05, 0) is 42.7 Å². The Morgan fingerprint density at radius 1 is 1.24 bits per heavy atom. The van der Waals surface area contributed by atoms with Crippen LogP contribution in [0.3, 0.4) is 0 Å². The molecule has 0 aliphatic heterocycles. The fraction of sp³-hybridized carbons (Fsp3) is 0.238. The number of benzene rings is 2. The molecule has 13 heteroatoms. The van der Waals surface area contributed by atoms with Crippen molar-refractivity contribution in [2.24, 2.45) is 5.73 Å². The third-order valence-electron chi connectivity index (χ3n) is 5.18. The molecule has 12 nitrogen and oxygen atoms in total. The summed E-state index contributed by atoms with van der Waals surface area (Å²) >= 11 is 0. The van der Waals surface area contributed by atoms with Gasteiger partial charge in [0.15, 0.2) is 11.5 Å². The number of hydrazine groups is 1. The quantitative estimate of drug-likeness (QED) is 0.148. The summed E-state index contributed by atoms with van der Waals surface area (Å²) in [5.74, 6) is -2.96. The number of carboxylic acid groups (broad SMARTS) is 1. The molecule has 0 saturated heterocycles. The van der Waals surface area contributed by atoms with Crippen LogP contribution in [0.5, 0.6) is 11.5 Å². The van der Waals surface area contributed by atoms with Crippen molar-refractivity contribution in [3.8, 4) is 11.5 Å². The molecule has 182 valence electrons. The number of aliphatic carboxylic acids is 1. The topological polar surface area (TPSA) is 207 Å². The van der Waals surface area contributed by atoms with Gasteiger partial charge in [-0.2, -0.15) is 0 Å². The van der Waals surface area contributed by atoms with E-state index < -0.39 is 42.8 Å². The van der Waals surface area contributed by atoms with Crippen LogP contribution in [0.4, 0.5) is 0 Å². The van der Waals surface area contributed by atoms with Crippen LogP contribution in [0.15, 0.2) is 48.7 Å². The fourth-order valence-electron chi connectivity index (χ4n) is 3.38. The van der Waals surface area contributed by atoms with E-state index in [1.807, 2.05) is 24.3 Å². The van der Waals surface area contributed by atoms with Crippen LogP contribution >= 0.6 is 7.82 Å². The lowest BCUT2D eigenvalue weighted by Crippen LogP contribution is -2.60. The monoisotopic (exact) mass is 492 g/mol. The number of rotatable bonds is 10. The summed E-state index contributed by atoms with van der Waals surface area (Å²) < 4.78 is 15.3. The average molecular weight is 492 g/mol. The number of fused-ring (bicyclic) bond motifs is 1. The van der Waals surface area contributed by atoms with Gasteiger partial charge in [-0.3, -0.25) is 24.8 Å². The van der Waals surface area contributed by atoms with Crippen molar-refractivity contribution in [2.75, 3.05) is 0 Å². The molecule has 0 radical (unpaired) electrons. The molecule has 9 N–H and O–H groups in total. The molecule has 2 atom stereocenters. The summed E-state index contributed by atoms with van der Waals surface area (Å²) in [6.45, 7) is 1.32. The summed E-state index contributed by atoms with van der Waals surface area (Å²) in [5.41, 5.74) is 11.2. The van der Waals surface area contributed by atoms with Gasteiger partial charge in [0.2, 0.25) is 0 Å². The first-order valence-corrected chi connectivity index (χ1v) is 11.6. The number of nitrogens with two attached hydrogens (primary N) is 1. The Kier molecular flexibility index (Phi) is 7.29. The van der Waals surface area contributed by atoms with Gasteiger partial charge >= 0.3 is 13.8 Å². The highest BCUT2D eigenvalue weighted by Gasteiger charge is 2.34. The van der Waals surface area contributed by atoms with E-state index in [-0.39, 0.29) is 12.8 Å². The minimum Gasteiger partial charge on any atom is -0.504 e. The standard InChI is InChI=1S/C21H25N4O8P/c1-21(20(28)29,10-12-6-7-18(17(26)8-12)33-34(30,31)32)25-24-19(27)15(22)9-13-11-23-16-5-3-2-4-14(13)16/h2-8,11,15,23,25-26H,9-10,22H2,1H3,(H,24,27)(H,28,29)(H2,30,31,32)/t15-,21-/m0/s1. The molecular formula is C21H25N4O8P. The number of phosphoric ester groups is 1. The van der Waals surface area contributed by atoms with Crippen molar-refractivity contribution in [3.05, 3.63) is 59.8 Å². The van der Waals surface area contributed by atoms with E-state index in [1.165, 1.54) is 13.0 Å². The number of phenols is 1. The van der Waals surface area contributed by atoms with Crippen LogP contribution in [0.25, 0.3) is 10.9 Å². The van der Waals surface area contributed by atoms with Gasteiger partial charge in [-0.25, -0.2) is 9.99 Å². The zero-order valence-electron chi connectivity index (χ0n) is 18.1. The molecule has 0 spiro atoms. The number of H-pyrrole nitrogens is 1. The predicted molar refractivity (Wildman–Crippen MR) is 122 cm³/mol. The van der Waals surface area contributed by atoms with Gasteiger partial charge < -0.3 is 25.5 Å². The molecule has 34 heavy (non-hydrogen) atoms. The molecule has 2 aromatic carbocycles. The molecule has 1 aromatic heterocycles. The summed E-state index contributed by atoms with van der Waals surface area (Å²) in [6.07, 6.45) is 1.78. The summed E-state index contributed by atoms with van der Waals surface area (Å²) in [7, 11) is -4.88. The van der Waals surface area contributed by atoms with Crippen molar-refractivity contribution >= 4 is 30.6 Å². The lowest BCUT2D eigenvalue weighted by molar-refractivity contribution is -0.145. The smallest absolute Gasteiger partial charge is 0.504 e. The van der Waals surface area contributed by atoms with E-state index in [0.29, 0.717) is 5.56 Å². The van der Waals surface area contributed by atoms with Crippen LogP contribution in [0.1, 0.15) is 18.1 Å². The van der Waals surface area contributed by atoms with Crippen LogP contribution in [0, 0.1) is 0 Å². The SMILES string of the molecule is C[C@@](Cc1ccc(OP(=O)(O)O)c(O)c1)(NNC(=O)[C@@H](N)Cc1c[nH]c2ccccc12)C(=O)O. The number of amides is 1. The number of hydrogen-bond donors (Lipinski definition) is 8. The molecule has 0 aliphatic rings. The molecular weight excluding hydrogens is 467 g/mol. The van der Waals surface area contributed by atoms with Gasteiger partial charge in [0.05, 0.1) is 6.04 Å². The number of nitrogens with one attached hydrogen (secondary N) is 3. The maximum Gasteiger partial charge on any atom is 0.524 e. The van der Waals surface area contributed by atoms with E-state index in [1.54, 1.807) is 6.20 Å². The molecule has 1 amide bonds. The van der Waals surface area contributed by atoms with Crippen molar-refractivity contribution in [1.29, 1.82) is 0 Å². The van der Waals surface area contributed by atoms with E-state index in [9.17, 15) is 24.4 Å². The summed E-state index contributed by atoms with van der Waals surface area (Å²) in [4.78, 5) is 45.3. The van der Waals surface area contributed by atoms with Gasteiger partial charge in [0.1, 0.15) is 5.54 Å². The van der Waals surface area contributed by atoms with E-state index in [0.717, 1.165) is 28.6 Å². The van der Waals surface area contributed by atoms with E-state index in [2.05, 4.69) is 20.4 Å². The number of carbonyl (C=O) groups is 2. The number of aromatic amines is 1. The third-order valence-corrected chi connectivity index (χ3v) is 5.62. The number of aromatic hydroxyl groups is 1. The van der Waals surface area contributed by atoms with Crippen molar-refractivity contribution in [2.45, 2.75) is 31.3 Å². The number of hydrogen-bond acceptors (Lipinski definition) is 7. The predicted octanol–water partition coefficient (Wildman–Crippen LogP) is 0.922. The molecule has 0 saturated carbocycles. The zero-order chi connectivity index (χ0) is 25.1. The van der Waals surface area contributed by atoms with Gasteiger partial charge in [0, 0.05) is 23.5 Å². The highest BCUT2D eigenvalue weighted by Crippen LogP contribution is 2.41. The summed E-state index contributed by atoms with van der Waals surface area (Å²) in [6, 6.07) is 10.1. The molecule has 0 aliphatic carbocycles. The van der Waals surface area contributed by atoms with E-state index in [4.69, 9.17) is 15.5 Å². The van der Waals surface area contributed by atoms with Crippen molar-refractivity contribution < 1.29 is 38.7 Å². The Morgan fingerprint density at radius 2 is 1.94 bits per heavy atom. The minimum atomic E-state index is -4.88. The van der Waals surface area contributed by atoms with Crippen LogP contribution in [-0.2, 0) is 27.0 Å². The molecule has 1 heterocycles. The van der Waals surface area contributed by atoms with Crippen LogP contribution in [-0.4, -0.2) is 48.4 Å². The van der Waals surface area contributed by atoms with Gasteiger partial charge in [0.25, 0.3) is 5.91 Å². The minimum absolute atomic E-state index is 0.204. The zero-order valence-corrected chi connectivity index (χ0v) is 19.0. The third kappa shape index (κ3) is 6.13. The fourth-order valence-corrected chi connectivity index (χ4v) is 3.79. The first-order valence-electron chi connectivity index (χ1n) is 10.1. The first kappa shape index (κ1) is 25.2. The molecule has 3 aromatic rings. The number of aromatic nitrogens is 1. The van der Waals surface area contributed by atoms with E-state index >= 15 is 0 Å². The number of carbonyl (C=O) groups excluding carboxylic acids is 1. The lowest BCUT2D eigenvalue weighted by atomic mass is 9.93. The lowest BCUT2D eigenvalue weighted by Gasteiger charge is -2.27. The number of phosphoric acid groups is 1. The molecule has 0 bridgehead atoms. The Morgan fingerprint density at radius 3 is 2.59 bits per heavy atom. The summed E-state index contributed by atoms with van der Waals surface area (Å²) in [5, 5.41) is 20.6. The van der Waals surface area contributed by atoms with Crippen molar-refractivity contribution in [3.63, 3.8) is 0 Å². The second kappa shape index (κ2) is 9.84. The van der Waals surface area contributed by atoms with Crippen molar-refractivity contribution in [1.82, 2.24) is 15.8 Å². The number of phenolic OH excluding ortho intramolecular Hbond substituents is 1. The normalized spacial score (nSPS) is 14.4. The molecule has 0 fully saturated rings. The number of para-hydroxylation sites is 1. The maximum atomic E-state index is 12.5.